The summed E-state index contributed by atoms with van der Waals surface area (Å²) in [5.74, 6) is 0.123. The molecule has 2 rings (SSSR count). The molecule has 0 heterocycles. The molecule has 2 aromatic rings. The van der Waals surface area contributed by atoms with E-state index in [1.807, 2.05) is 0 Å². The van der Waals surface area contributed by atoms with Crippen LogP contribution >= 0.6 is 34.8 Å². The first-order chi connectivity index (χ1) is 9.47. The summed E-state index contributed by atoms with van der Waals surface area (Å²) in [6, 6.07) is 7.78. The summed E-state index contributed by atoms with van der Waals surface area (Å²) in [6.45, 7) is 0. The van der Waals surface area contributed by atoms with Gasteiger partial charge in [-0.15, -0.1) is 0 Å². The van der Waals surface area contributed by atoms with Gasteiger partial charge < -0.3 is 4.74 Å². The van der Waals surface area contributed by atoms with Gasteiger partial charge in [-0.3, -0.25) is 10.1 Å². The maximum absolute atomic E-state index is 11.0. The minimum atomic E-state index is -0.520. The molecule has 0 aromatic heterocycles. The maximum atomic E-state index is 11.0. The Morgan fingerprint density at radius 2 is 1.75 bits per heavy atom. The third-order valence-electron chi connectivity index (χ3n) is 2.72. The van der Waals surface area contributed by atoms with Crippen LogP contribution in [0.5, 0.6) is 5.75 Å². The second kappa shape index (κ2) is 5.87. The van der Waals surface area contributed by atoms with Crippen LogP contribution in [0.25, 0.3) is 11.1 Å². The predicted octanol–water partition coefficient (Wildman–Crippen LogP) is 5.23. The zero-order valence-corrected chi connectivity index (χ0v) is 12.5. The van der Waals surface area contributed by atoms with Crippen LogP contribution in [0.4, 0.5) is 5.69 Å². The molecule has 0 unspecified atom stereocenters. The highest BCUT2D eigenvalue weighted by atomic mass is 35.5. The number of halogens is 3. The number of hydrogen-bond donors (Lipinski definition) is 0. The van der Waals surface area contributed by atoms with Gasteiger partial charge in [0.1, 0.15) is 0 Å². The van der Waals surface area contributed by atoms with E-state index < -0.39 is 4.92 Å². The van der Waals surface area contributed by atoms with Crippen LogP contribution in [0.3, 0.4) is 0 Å². The molecule has 0 saturated carbocycles. The van der Waals surface area contributed by atoms with Crippen LogP contribution in [0.2, 0.25) is 15.1 Å². The SMILES string of the molecule is COc1c(-c2ccc(Cl)c(Cl)c2Cl)cccc1[N+](=O)[O-]. The lowest BCUT2D eigenvalue weighted by molar-refractivity contribution is -0.385. The molecule has 7 heteroatoms. The van der Waals surface area contributed by atoms with Crippen molar-refractivity contribution >= 4 is 40.5 Å². The molecule has 0 aliphatic rings. The maximum Gasteiger partial charge on any atom is 0.311 e. The van der Waals surface area contributed by atoms with Gasteiger partial charge in [0.05, 0.1) is 27.1 Å². The number of rotatable bonds is 3. The third-order valence-corrected chi connectivity index (χ3v) is 4.01. The van der Waals surface area contributed by atoms with Crippen LogP contribution in [0, 0.1) is 10.1 Å². The lowest BCUT2D eigenvalue weighted by atomic mass is 10.0. The second-order valence-electron chi connectivity index (χ2n) is 3.84. The number of ether oxygens (including phenoxy) is 1. The van der Waals surface area contributed by atoms with Crippen molar-refractivity contribution in [3.8, 4) is 16.9 Å². The summed E-state index contributed by atoms with van der Waals surface area (Å²) >= 11 is 18.0. The molecule has 0 amide bonds. The van der Waals surface area contributed by atoms with Crippen molar-refractivity contribution in [2.45, 2.75) is 0 Å². The van der Waals surface area contributed by atoms with Gasteiger partial charge in [-0.05, 0) is 6.07 Å². The zero-order valence-electron chi connectivity index (χ0n) is 10.2. The second-order valence-corrected chi connectivity index (χ2v) is 5.00. The Morgan fingerprint density at radius 3 is 2.35 bits per heavy atom. The molecule has 0 radical (unpaired) electrons. The molecular formula is C13H8Cl3NO3. The number of para-hydroxylation sites is 1. The molecule has 4 nitrogen and oxygen atoms in total. The Balaban J connectivity index is 2.74. The summed E-state index contributed by atoms with van der Waals surface area (Å²) in [4.78, 5) is 10.5. The van der Waals surface area contributed by atoms with E-state index in [-0.39, 0.29) is 21.5 Å². The molecule has 0 saturated heterocycles. The highest BCUT2D eigenvalue weighted by Gasteiger charge is 2.21. The fourth-order valence-electron chi connectivity index (χ4n) is 1.83. The normalized spacial score (nSPS) is 10.4. The molecule has 0 N–H and O–H groups in total. The van der Waals surface area contributed by atoms with E-state index in [9.17, 15) is 10.1 Å². The minimum Gasteiger partial charge on any atom is -0.490 e. The summed E-state index contributed by atoms with van der Waals surface area (Å²) in [7, 11) is 1.36. The van der Waals surface area contributed by atoms with Gasteiger partial charge in [-0.2, -0.15) is 0 Å². The molecule has 0 spiro atoms. The highest BCUT2D eigenvalue weighted by molar-refractivity contribution is 6.49. The van der Waals surface area contributed by atoms with Crippen molar-refractivity contribution in [1.29, 1.82) is 0 Å². The van der Waals surface area contributed by atoms with E-state index in [1.54, 1.807) is 24.3 Å². The van der Waals surface area contributed by atoms with Crippen molar-refractivity contribution in [2.75, 3.05) is 7.11 Å². The first-order valence-corrected chi connectivity index (χ1v) is 6.56. The first-order valence-electron chi connectivity index (χ1n) is 5.42. The summed E-state index contributed by atoms with van der Waals surface area (Å²) in [6.07, 6.45) is 0. The van der Waals surface area contributed by atoms with Gasteiger partial charge in [-0.1, -0.05) is 53.0 Å². The van der Waals surface area contributed by atoms with Crippen molar-refractivity contribution < 1.29 is 9.66 Å². The molecular weight excluding hydrogens is 325 g/mol. The number of nitro groups is 1. The summed E-state index contributed by atoms with van der Waals surface area (Å²) in [5, 5.41) is 11.7. The van der Waals surface area contributed by atoms with Crippen molar-refractivity contribution in [3.05, 3.63) is 55.5 Å². The Hall–Kier alpha value is -1.49. The van der Waals surface area contributed by atoms with Gasteiger partial charge in [0.15, 0.2) is 0 Å². The van der Waals surface area contributed by atoms with Crippen LogP contribution < -0.4 is 4.74 Å². The van der Waals surface area contributed by atoms with Gasteiger partial charge in [0.25, 0.3) is 0 Å². The fourth-order valence-corrected chi connectivity index (χ4v) is 2.47. The molecule has 104 valence electrons. The number of nitrogens with zero attached hydrogens (tertiary/aromatic N) is 1. The molecule has 2 aromatic carbocycles. The van der Waals surface area contributed by atoms with Crippen molar-refractivity contribution in [1.82, 2.24) is 0 Å². The van der Waals surface area contributed by atoms with Gasteiger partial charge in [-0.25, -0.2) is 0 Å². The lowest BCUT2D eigenvalue weighted by Gasteiger charge is -2.11. The topological polar surface area (TPSA) is 52.4 Å². The summed E-state index contributed by atoms with van der Waals surface area (Å²) < 4.78 is 5.14. The van der Waals surface area contributed by atoms with Crippen molar-refractivity contribution in [3.63, 3.8) is 0 Å². The zero-order chi connectivity index (χ0) is 14.9. The van der Waals surface area contributed by atoms with Gasteiger partial charge in [0.2, 0.25) is 5.75 Å². The highest BCUT2D eigenvalue weighted by Crippen LogP contribution is 2.44. The third kappa shape index (κ3) is 2.54. The average molecular weight is 333 g/mol. The number of benzene rings is 2. The largest absolute Gasteiger partial charge is 0.490 e. The fraction of sp³-hybridized carbons (Fsp3) is 0.0769. The quantitative estimate of drug-likeness (QED) is 0.439. The number of methoxy groups -OCH3 is 1. The number of hydrogen-bond acceptors (Lipinski definition) is 3. The number of nitro benzene ring substituents is 1. The Kier molecular flexibility index (Phi) is 4.38. The van der Waals surface area contributed by atoms with E-state index in [0.717, 1.165) is 0 Å². The van der Waals surface area contributed by atoms with Crippen LogP contribution in [-0.2, 0) is 0 Å². The van der Waals surface area contributed by atoms with Crippen LogP contribution in [0.15, 0.2) is 30.3 Å². The molecule has 20 heavy (non-hydrogen) atoms. The smallest absolute Gasteiger partial charge is 0.311 e. The van der Waals surface area contributed by atoms with Gasteiger partial charge >= 0.3 is 5.69 Å². The molecule has 0 bridgehead atoms. The van der Waals surface area contributed by atoms with Crippen molar-refractivity contribution in [2.24, 2.45) is 0 Å². The Bertz CT molecular complexity index is 689. The molecule has 0 aliphatic heterocycles. The van der Waals surface area contributed by atoms with E-state index in [2.05, 4.69) is 0 Å². The standard InChI is InChI=1S/C13H8Cl3NO3/c1-20-13-8(3-2-4-10(13)17(18)19)7-5-6-9(14)12(16)11(7)15/h2-6H,1H3. The molecule has 0 fully saturated rings. The minimum absolute atomic E-state index is 0.123. The van der Waals surface area contributed by atoms with E-state index in [1.165, 1.54) is 13.2 Å². The monoisotopic (exact) mass is 331 g/mol. The predicted molar refractivity (Wildman–Crippen MR) is 80.1 cm³/mol. The van der Waals surface area contributed by atoms with Crippen LogP contribution in [0.1, 0.15) is 0 Å². The lowest BCUT2D eigenvalue weighted by Crippen LogP contribution is -1.96. The Labute approximate surface area is 130 Å². The first kappa shape index (κ1) is 14.9. The van der Waals surface area contributed by atoms with Gasteiger partial charge in [0, 0.05) is 17.2 Å². The van der Waals surface area contributed by atoms with Crippen LogP contribution in [-0.4, -0.2) is 12.0 Å². The van der Waals surface area contributed by atoms with E-state index in [0.29, 0.717) is 16.1 Å². The van der Waals surface area contributed by atoms with E-state index >= 15 is 0 Å². The Morgan fingerprint density at radius 1 is 1.05 bits per heavy atom. The molecule has 0 aliphatic carbocycles. The average Bonchev–Trinajstić information content (AvgIpc) is 2.44. The van der Waals surface area contributed by atoms with E-state index in [4.69, 9.17) is 39.5 Å². The summed E-state index contributed by atoms with van der Waals surface area (Å²) in [5.41, 5.74) is 0.846. The molecule has 0 atom stereocenters.